The molecule has 0 fully saturated rings. The summed E-state index contributed by atoms with van der Waals surface area (Å²) in [6.07, 6.45) is 7.66. The van der Waals surface area contributed by atoms with Crippen LogP contribution >= 0.6 is 0 Å². The molecule has 0 spiro atoms. The number of benzene rings is 4. The van der Waals surface area contributed by atoms with Crippen molar-refractivity contribution in [2.45, 2.75) is 58.3 Å². The number of carbonyl (C=O) groups is 1. The van der Waals surface area contributed by atoms with Crippen LogP contribution in [0.15, 0.2) is 109 Å². The smallest absolute Gasteiger partial charge is 0.333 e. The zero-order chi connectivity index (χ0) is 36.8. The fourth-order valence-corrected chi connectivity index (χ4v) is 4.83. The number of nitro groups is 2. The summed E-state index contributed by atoms with van der Waals surface area (Å²) in [5, 5.41) is 30.1. The van der Waals surface area contributed by atoms with Gasteiger partial charge in [-0.25, -0.2) is 4.79 Å². The molecule has 0 amide bonds. The van der Waals surface area contributed by atoms with E-state index < -0.39 is 9.85 Å². The number of rotatable bonds is 20. The van der Waals surface area contributed by atoms with Gasteiger partial charge in [0.05, 0.1) is 29.7 Å². The van der Waals surface area contributed by atoms with E-state index >= 15 is 0 Å². The third kappa shape index (κ3) is 14.8. The molecule has 0 radical (unpaired) electrons. The lowest BCUT2D eigenvalue weighted by Gasteiger charge is -2.08. The molecule has 0 aliphatic rings. The van der Waals surface area contributed by atoms with Crippen molar-refractivity contribution in [1.29, 1.82) is 0 Å². The lowest BCUT2D eigenvalue weighted by molar-refractivity contribution is -0.385. The number of carbonyl (C=O) groups excluding carboxylic acids is 1. The Balaban J connectivity index is 0.000000281. The number of nitro benzene ring substituents is 2. The molecular formula is C40H46N2O9. The molecule has 0 aliphatic carbocycles. The van der Waals surface area contributed by atoms with Gasteiger partial charge in [0.25, 0.3) is 11.4 Å². The van der Waals surface area contributed by atoms with Gasteiger partial charge in [-0.2, -0.15) is 0 Å². The van der Waals surface area contributed by atoms with Crippen LogP contribution in [0.25, 0.3) is 22.3 Å². The van der Waals surface area contributed by atoms with Gasteiger partial charge in [-0.05, 0) is 123 Å². The Bertz CT molecular complexity index is 1650. The maximum Gasteiger partial charge on any atom is 0.333 e. The Kier molecular flexibility index (Phi) is 17.4. The van der Waals surface area contributed by atoms with E-state index in [0.717, 1.165) is 85.1 Å². The number of nitrogens with zero attached hydrogens (tertiary/aromatic N) is 2. The Morgan fingerprint density at radius 1 is 0.569 bits per heavy atom. The second-order valence-electron chi connectivity index (χ2n) is 11.8. The van der Waals surface area contributed by atoms with Crippen molar-refractivity contribution in [3.05, 3.63) is 129 Å². The van der Waals surface area contributed by atoms with E-state index in [9.17, 15) is 25.0 Å². The molecule has 0 atom stereocenters. The van der Waals surface area contributed by atoms with E-state index in [2.05, 4.69) is 6.58 Å². The van der Waals surface area contributed by atoms with Gasteiger partial charge in [0, 0.05) is 36.4 Å². The van der Waals surface area contributed by atoms with Gasteiger partial charge in [-0.15, -0.1) is 0 Å². The molecule has 0 unspecified atom stereocenters. The molecule has 4 aromatic rings. The molecule has 0 bridgehead atoms. The predicted octanol–water partition coefficient (Wildman–Crippen LogP) is 9.51. The molecule has 0 heterocycles. The van der Waals surface area contributed by atoms with Gasteiger partial charge in [-0.1, -0.05) is 37.3 Å². The lowest BCUT2D eigenvalue weighted by Crippen LogP contribution is -2.06. The van der Waals surface area contributed by atoms with Gasteiger partial charge in [0.1, 0.15) is 11.5 Å². The van der Waals surface area contributed by atoms with Crippen LogP contribution in [0.1, 0.15) is 58.3 Å². The van der Waals surface area contributed by atoms with E-state index in [-0.39, 0.29) is 24.0 Å². The summed E-state index contributed by atoms with van der Waals surface area (Å²) in [5.74, 6) is 1.28. The SMILES string of the molecule is C=C(C)C(=O)OCCCCCCOc1ccc(-c2ccc([N+](=O)[O-])cc2)cc1.O=[N+]([O-])c1ccc(-c2ccc(OCCCCCCO)cc2)cc1. The van der Waals surface area contributed by atoms with Crippen LogP contribution < -0.4 is 9.47 Å². The highest BCUT2D eigenvalue weighted by Crippen LogP contribution is 2.26. The second-order valence-corrected chi connectivity index (χ2v) is 11.8. The first-order chi connectivity index (χ1) is 24.7. The molecule has 0 aromatic heterocycles. The largest absolute Gasteiger partial charge is 0.494 e. The Morgan fingerprint density at radius 2 is 0.902 bits per heavy atom. The van der Waals surface area contributed by atoms with Gasteiger partial charge in [-0.3, -0.25) is 20.2 Å². The summed E-state index contributed by atoms with van der Waals surface area (Å²) in [6, 6.07) is 28.4. The van der Waals surface area contributed by atoms with E-state index in [4.69, 9.17) is 19.3 Å². The minimum absolute atomic E-state index is 0.0812. The first-order valence-electron chi connectivity index (χ1n) is 17.1. The fraction of sp³-hybridized carbons (Fsp3) is 0.325. The highest BCUT2D eigenvalue weighted by atomic mass is 16.6. The van der Waals surface area contributed by atoms with Gasteiger partial charge < -0.3 is 19.3 Å². The van der Waals surface area contributed by atoms with Crippen LogP contribution in [0.4, 0.5) is 11.4 Å². The molecule has 1 N–H and O–H groups in total. The van der Waals surface area contributed by atoms with Crippen molar-refractivity contribution < 1.29 is 34.0 Å². The highest BCUT2D eigenvalue weighted by Gasteiger charge is 2.07. The van der Waals surface area contributed by atoms with Crippen LogP contribution in [0.5, 0.6) is 11.5 Å². The second kappa shape index (κ2) is 22.2. The molecule has 4 aromatic carbocycles. The summed E-state index contributed by atoms with van der Waals surface area (Å²) < 4.78 is 16.5. The zero-order valence-corrected chi connectivity index (χ0v) is 29.0. The predicted molar refractivity (Wildman–Crippen MR) is 198 cm³/mol. The van der Waals surface area contributed by atoms with Gasteiger partial charge in [0.15, 0.2) is 0 Å². The molecule has 270 valence electrons. The maximum atomic E-state index is 11.2. The third-order valence-corrected chi connectivity index (χ3v) is 7.74. The molecule has 0 aliphatic heterocycles. The van der Waals surface area contributed by atoms with Crippen molar-refractivity contribution >= 4 is 17.3 Å². The summed E-state index contributed by atoms with van der Waals surface area (Å²) in [7, 11) is 0. The molecule has 0 saturated heterocycles. The quantitative estimate of drug-likeness (QED) is 0.0313. The molecule has 11 nitrogen and oxygen atoms in total. The summed E-state index contributed by atoms with van der Waals surface area (Å²) in [4.78, 5) is 31.8. The average molecular weight is 699 g/mol. The van der Waals surface area contributed by atoms with Crippen molar-refractivity contribution in [3.63, 3.8) is 0 Å². The van der Waals surface area contributed by atoms with Crippen molar-refractivity contribution in [3.8, 4) is 33.8 Å². The summed E-state index contributed by atoms with van der Waals surface area (Å²) in [5.41, 5.74) is 4.43. The van der Waals surface area contributed by atoms with Gasteiger partial charge in [0.2, 0.25) is 0 Å². The van der Waals surface area contributed by atoms with Gasteiger partial charge >= 0.3 is 5.97 Å². The van der Waals surface area contributed by atoms with E-state index in [1.54, 1.807) is 31.2 Å². The van der Waals surface area contributed by atoms with Crippen molar-refractivity contribution in [2.24, 2.45) is 0 Å². The monoisotopic (exact) mass is 698 g/mol. The van der Waals surface area contributed by atoms with Crippen LogP contribution in [0, 0.1) is 20.2 Å². The summed E-state index contributed by atoms with van der Waals surface area (Å²) in [6.45, 7) is 7.16. The Morgan fingerprint density at radius 3 is 1.24 bits per heavy atom. The van der Waals surface area contributed by atoms with Crippen molar-refractivity contribution in [2.75, 3.05) is 26.4 Å². The van der Waals surface area contributed by atoms with Crippen molar-refractivity contribution in [1.82, 2.24) is 0 Å². The minimum Gasteiger partial charge on any atom is -0.494 e. The standard InChI is InChI=1S/C22H25NO5.C18H21NO4/c1-17(2)22(24)28-16-6-4-3-5-15-27-21-13-9-19(10-14-21)18-7-11-20(12-8-18)23(25)26;20-13-3-1-2-4-14-23-18-11-7-16(8-12-18)15-5-9-17(10-6-15)19(21)22/h7-14H,1,3-6,15-16H2,2H3;5-12,20H,1-4,13-14H2. The number of hydrogen-bond acceptors (Lipinski definition) is 9. The van der Waals surface area contributed by atoms with Crippen LogP contribution in [-0.2, 0) is 9.53 Å². The third-order valence-electron chi connectivity index (χ3n) is 7.74. The molecule has 51 heavy (non-hydrogen) atoms. The zero-order valence-electron chi connectivity index (χ0n) is 29.0. The minimum atomic E-state index is -0.407. The normalized spacial score (nSPS) is 10.4. The average Bonchev–Trinajstić information content (AvgIpc) is 3.15. The van der Waals surface area contributed by atoms with E-state index in [1.807, 2.05) is 48.5 Å². The number of aliphatic hydroxyl groups excluding tert-OH is 1. The summed E-state index contributed by atoms with van der Waals surface area (Å²) >= 11 is 0. The fourth-order valence-electron chi connectivity index (χ4n) is 4.83. The Labute approximate surface area is 298 Å². The first kappa shape index (κ1) is 39.9. The van der Waals surface area contributed by atoms with E-state index in [0.29, 0.717) is 25.4 Å². The molecule has 11 heteroatoms. The molecule has 4 rings (SSSR count). The number of hydrogen-bond donors (Lipinski definition) is 1. The maximum absolute atomic E-state index is 11.2. The first-order valence-corrected chi connectivity index (χ1v) is 17.1. The number of aliphatic hydroxyl groups is 1. The number of unbranched alkanes of at least 4 members (excludes halogenated alkanes) is 6. The number of non-ortho nitro benzene ring substituents is 2. The van der Waals surface area contributed by atoms with E-state index in [1.165, 1.54) is 24.3 Å². The van der Waals surface area contributed by atoms with Crippen LogP contribution in [-0.4, -0.2) is 47.3 Å². The lowest BCUT2D eigenvalue weighted by atomic mass is 10.1. The van der Waals surface area contributed by atoms with Crippen LogP contribution in [0.3, 0.4) is 0 Å². The Hall–Kier alpha value is -5.55. The molecule has 0 saturated carbocycles. The molecular weight excluding hydrogens is 652 g/mol. The van der Waals surface area contributed by atoms with Crippen LogP contribution in [0.2, 0.25) is 0 Å². The number of ether oxygens (including phenoxy) is 3. The highest BCUT2D eigenvalue weighted by molar-refractivity contribution is 5.86. The number of esters is 1. The topological polar surface area (TPSA) is 151 Å².